The van der Waals surface area contributed by atoms with Crippen LogP contribution in [0.5, 0.6) is 0 Å². The van der Waals surface area contributed by atoms with Crippen LogP contribution in [0.4, 0.5) is 0 Å². The molecule has 0 saturated heterocycles. The van der Waals surface area contributed by atoms with Crippen LogP contribution in [-0.2, 0) is 12.8 Å². The number of aryl methyl sites for hydroxylation is 1. The smallest absolute Gasteiger partial charge is 0.251 e. The summed E-state index contributed by atoms with van der Waals surface area (Å²) in [6.07, 6.45) is 9.40. The second-order valence-electron chi connectivity index (χ2n) is 7.15. The van der Waals surface area contributed by atoms with E-state index in [0.29, 0.717) is 16.8 Å². The van der Waals surface area contributed by atoms with Crippen LogP contribution in [0.2, 0.25) is 0 Å². The van der Waals surface area contributed by atoms with Crippen LogP contribution < -0.4 is 5.32 Å². The van der Waals surface area contributed by atoms with E-state index in [9.17, 15) is 4.79 Å². The number of carbonyl (C=O) groups is 1. The van der Waals surface area contributed by atoms with Crippen molar-refractivity contribution in [1.29, 1.82) is 5.26 Å². The molecule has 0 aliphatic heterocycles. The molecule has 0 saturated carbocycles. The number of fused-ring (bicyclic) bond motifs is 2. The summed E-state index contributed by atoms with van der Waals surface area (Å²) in [5, 5.41) is 23.5. The molecule has 1 atom stereocenters. The molecule has 2 N–H and O–H groups in total. The fraction of sp³-hybridized carbons (Fsp3) is 0.190. The van der Waals surface area contributed by atoms with Crippen molar-refractivity contribution in [3.05, 3.63) is 71.4 Å². The van der Waals surface area contributed by atoms with Crippen LogP contribution in [0.25, 0.3) is 16.8 Å². The van der Waals surface area contributed by atoms with E-state index in [2.05, 4.69) is 31.7 Å². The maximum Gasteiger partial charge on any atom is 0.251 e. The lowest BCUT2D eigenvalue weighted by Crippen LogP contribution is -2.38. The number of rotatable bonds is 3. The summed E-state index contributed by atoms with van der Waals surface area (Å²) in [6.45, 7) is 0. The first-order valence-electron chi connectivity index (χ1n) is 9.37. The molecule has 3 aromatic heterocycles. The maximum atomic E-state index is 12.8. The van der Waals surface area contributed by atoms with Crippen LogP contribution in [0.3, 0.4) is 0 Å². The second kappa shape index (κ2) is 6.87. The van der Waals surface area contributed by atoms with Crippen molar-refractivity contribution in [2.45, 2.75) is 25.3 Å². The number of amides is 1. The van der Waals surface area contributed by atoms with E-state index in [-0.39, 0.29) is 11.9 Å². The Bertz CT molecular complexity index is 1260. The highest BCUT2D eigenvalue weighted by Crippen LogP contribution is 2.22. The van der Waals surface area contributed by atoms with Crippen LogP contribution in [0.15, 0.2) is 49.1 Å². The SMILES string of the molecule is N#Cc1cnn2cc(-c3cccc(C(=O)NC4CCc5[nH]ncc5C4)c3)cnc12. The third-order valence-corrected chi connectivity index (χ3v) is 5.29. The van der Waals surface area contributed by atoms with Gasteiger partial charge in [-0.3, -0.25) is 9.89 Å². The Kier molecular flexibility index (Phi) is 4.06. The lowest BCUT2D eigenvalue weighted by atomic mass is 9.93. The first-order chi connectivity index (χ1) is 14.2. The van der Waals surface area contributed by atoms with Gasteiger partial charge in [-0.15, -0.1) is 0 Å². The van der Waals surface area contributed by atoms with Crippen molar-refractivity contribution in [3.63, 3.8) is 0 Å². The minimum absolute atomic E-state index is 0.0938. The van der Waals surface area contributed by atoms with Crippen LogP contribution in [-0.4, -0.2) is 36.7 Å². The molecule has 0 fully saturated rings. The van der Waals surface area contributed by atoms with Gasteiger partial charge in [-0.25, -0.2) is 9.50 Å². The summed E-state index contributed by atoms with van der Waals surface area (Å²) in [5.74, 6) is -0.0938. The van der Waals surface area contributed by atoms with Gasteiger partial charge in [0.15, 0.2) is 5.65 Å². The molecule has 1 aromatic carbocycles. The molecule has 142 valence electrons. The van der Waals surface area contributed by atoms with E-state index in [4.69, 9.17) is 5.26 Å². The maximum absolute atomic E-state index is 12.8. The third-order valence-electron chi connectivity index (χ3n) is 5.29. The molecular weight excluding hydrogens is 366 g/mol. The van der Waals surface area contributed by atoms with Crippen molar-refractivity contribution >= 4 is 11.6 Å². The highest BCUT2D eigenvalue weighted by atomic mass is 16.1. The number of aromatic nitrogens is 5. The normalized spacial score (nSPS) is 15.6. The number of H-pyrrole nitrogens is 1. The number of hydrogen-bond donors (Lipinski definition) is 2. The molecule has 3 heterocycles. The predicted octanol–water partition coefficient (Wildman–Crippen LogP) is 2.28. The molecule has 4 aromatic rings. The van der Waals surface area contributed by atoms with Crippen molar-refractivity contribution in [2.75, 3.05) is 0 Å². The van der Waals surface area contributed by atoms with Crippen molar-refractivity contribution < 1.29 is 4.79 Å². The Morgan fingerprint density at radius 1 is 1.28 bits per heavy atom. The number of hydrogen-bond acceptors (Lipinski definition) is 5. The number of benzene rings is 1. The van der Waals surface area contributed by atoms with Gasteiger partial charge < -0.3 is 5.32 Å². The third kappa shape index (κ3) is 3.12. The standard InChI is InChI=1S/C21H17N7O/c22-8-16-11-25-28-12-17(9-23-20(16)28)13-2-1-3-14(6-13)21(29)26-18-4-5-19-15(7-18)10-24-27-19/h1-3,6,9-12,18H,4-5,7H2,(H,24,27)(H,26,29). The van der Waals surface area contributed by atoms with Crippen molar-refractivity contribution in [1.82, 2.24) is 30.1 Å². The average Bonchev–Trinajstić information content (AvgIpc) is 3.39. The Balaban J connectivity index is 1.37. The van der Waals surface area contributed by atoms with Gasteiger partial charge >= 0.3 is 0 Å². The lowest BCUT2D eigenvalue weighted by Gasteiger charge is -2.23. The highest BCUT2D eigenvalue weighted by Gasteiger charge is 2.22. The Morgan fingerprint density at radius 2 is 2.21 bits per heavy atom. The van der Waals surface area contributed by atoms with Crippen molar-refractivity contribution in [3.8, 4) is 17.2 Å². The van der Waals surface area contributed by atoms with E-state index in [0.717, 1.165) is 30.4 Å². The average molecular weight is 383 g/mol. The summed E-state index contributed by atoms with van der Waals surface area (Å²) in [6, 6.07) is 9.60. The summed E-state index contributed by atoms with van der Waals surface area (Å²) >= 11 is 0. The molecular formula is C21H17N7O. The molecule has 0 bridgehead atoms. The Labute approximate surface area is 166 Å². The number of carbonyl (C=O) groups excluding carboxylic acids is 1. The largest absolute Gasteiger partial charge is 0.349 e. The minimum Gasteiger partial charge on any atom is -0.349 e. The first-order valence-corrected chi connectivity index (χ1v) is 9.37. The molecule has 0 spiro atoms. The zero-order valence-corrected chi connectivity index (χ0v) is 15.5. The lowest BCUT2D eigenvalue weighted by molar-refractivity contribution is 0.0933. The topological polar surface area (TPSA) is 112 Å². The zero-order chi connectivity index (χ0) is 19.8. The number of aromatic amines is 1. The Hall–Kier alpha value is -3.99. The van der Waals surface area contributed by atoms with E-state index < -0.39 is 0 Å². The van der Waals surface area contributed by atoms with Gasteiger partial charge in [0, 0.05) is 35.3 Å². The van der Waals surface area contributed by atoms with Crippen LogP contribution in [0.1, 0.15) is 33.6 Å². The number of nitriles is 1. The number of nitrogens with zero attached hydrogens (tertiary/aromatic N) is 5. The molecule has 8 heteroatoms. The fourth-order valence-corrected chi connectivity index (χ4v) is 3.75. The zero-order valence-electron chi connectivity index (χ0n) is 15.5. The molecule has 29 heavy (non-hydrogen) atoms. The first kappa shape index (κ1) is 17.1. The summed E-state index contributed by atoms with van der Waals surface area (Å²) < 4.78 is 1.57. The monoisotopic (exact) mass is 383 g/mol. The van der Waals surface area contributed by atoms with Gasteiger partial charge in [0.1, 0.15) is 11.6 Å². The quantitative estimate of drug-likeness (QED) is 0.564. The van der Waals surface area contributed by atoms with E-state index >= 15 is 0 Å². The van der Waals surface area contributed by atoms with E-state index in [1.54, 1.807) is 16.8 Å². The molecule has 8 nitrogen and oxygen atoms in total. The molecule has 1 unspecified atom stereocenters. The highest BCUT2D eigenvalue weighted by molar-refractivity contribution is 5.95. The van der Waals surface area contributed by atoms with Gasteiger partial charge in [-0.2, -0.15) is 15.5 Å². The summed E-state index contributed by atoms with van der Waals surface area (Å²) in [5.41, 5.74) is 5.56. The van der Waals surface area contributed by atoms with Crippen molar-refractivity contribution in [2.24, 2.45) is 0 Å². The van der Waals surface area contributed by atoms with E-state index in [1.807, 2.05) is 30.6 Å². The summed E-state index contributed by atoms with van der Waals surface area (Å²) in [4.78, 5) is 17.1. The molecule has 1 aliphatic carbocycles. The van der Waals surface area contributed by atoms with Gasteiger partial charge in [0.25, 0.3) is 5.91 Å². The van der Waals surface area contributed by atoms with Crippen LogP contribution in [0, 0.1) is 11.3 Å². The molecule has 1 amide bonds. The minimum atomic E-state index is -0.0938. The molecule has 0 radical (unpaired) electrons. The second-order valence-corrected chi connectivity index (χ2v) is 7.15. The van der Waals surface area contributed by atoms with Crippen LogP contribution >= 0.6 is 0 Å². The van der Waals surface area contributed by atoms with Gasteiger partial charge in [0.05, 0.1) is 12.4 Å². The van der Waals surface area contributed by atoms with E-state index in [1.165, 1.54) is 17.5 Å². The Morgan fingerprint density at radius 3 is 3.10 bits per heavy atom. The van der Waals surface area contributed by atoms with Gasteiger partial charge in [-0.05, 0) is 42.5 Å². The van der Waals surface area contributed by atoms with Gasteiger partial charge in [0.2, 0.25) is 0 Å². The number of nitrogens with one attached hydrogen (secondary N) is 2. The summed E-state index contributed by atoms with van der Waals surface area (Å²) in [7, 11) is 0. The fourth-order valence-electron chi connectivity index (χ4n) is 3.75. The predicted molar refractivity (Wildman–Crippen MR) is 105 cm³/mol. The van der Waals surface area contributed by atoms with Gasteiger partial charge in [-0.1, -0.05) is 12.1 Å². The molecule has 1 aliphatic rings. The molecule has 5 rings (SSSR count).